The van der Waals surface area contributed by atoms with E-state index in [1.807, 2.05) is 22.7 Å². The van der Waals surface area contributed by atoms with Crippen LogP contribution in [0.25, 0.3) is 94.9 Å². The second-order valence-electron chi connectivity index (χ2n) is 20.7. The highest BCUT2D eigenvalue weighted by Gasteiger charge is 2.27. The van der Waals surface area contributed by atoms with Gasteiger partial charge < -0.3 is 9.80 Å². The van der Waals surface area contributed by atoms with E-state index < -0.39 is 0 Å². The molecule has 0 radical (unpaired) electrons. The van der Waals surface area contributed by atoms with Gasteiger partial charge in [0.25, 0.3) is 0 Å². The Hall–Kier alpha value is -8.28. The number of fused-ring (bicyclic) bond motifs is 6. The predicted molar refractivity (Wildman–Crippen MR) is 334 cm³/mol. The molecule has 2 aromatic heterocycles. The Morgan fingerprint density at radius 3 is 1.12 bits per heavy atom. The van der Waals surface area contributed by atoms with Gasteiger partial charge in [0.1, 0.15) is 0 Å². The van der Waals surface area contributed by atoms with E-state index in [0.717, 1.165) is 24.2 Å². The van der Waals surface area contributed by atoms with E-state index >= 15 is 0 Å². The van der Waals surface area contributed by atoms with Gasteiger partial charge in [0.15, 0.2) is 0 Å². The third kappa shape index (κ3) is 7.19. The van der Waals surface area contributed by atoms with Crippen LogP contribution in [0.2, 0.25) is 0 Å². The van der Waals surface area contributed by atoms with Crippen molar-refractivity contribution in [3.8, 4) is 22.3 Å². The molecule has 0 unspecified atom stereocenters. The van der Waals surface area contributed by atoms with Crippen molar-refractivity contribution < 1.29 is 0 Å². The molecule has 4 heteroatoms. The first-order chi connectivity index (χ1) is 37.3. The Labute approximate surface area is 452 Å². The van der Waals surface area contributed by atoms with E-state index in [1.54, 1.807) is 0 Å². The van der Waals surface area contributed by atoms with Gasteiger partial charge in [-0.15, -0.1) is 22.7 Å². The monoisotopic (exact) mass is 1010 g/mol. The van der Waals surface area contributed by atoms with Crippen molar-refractivity contribution in [3.63, 3.8) is 0 Å². The minimum absolute atomic E-state index is 0.900. The molecule has 366 valence electrons. The molecule has 14 aromatic rings. The molecule has 14 rings (SSSR count). The van der Waals surface area contributed by atoms with Crippen LogP contribution in [-0.4, -0.2) is 0 Å². The van der Waals surface area contributed by atoms with Crippen LogP contribution in [0, 0.1) is 27.7 Å². The zero-order valence-corrected chi connectivity index (χ0v) is 45.4. The molecule has 0 saturated carbocycles. The lowest BCUT2D eigenvalue weighted by Crippen LogP contribution is -2.15. The van der Waals surface area contributed by atoms with Crippen molar-refractivity contribution in [2.45, 2.75) is 54.4 Å². The van der Waals surface area contributed by atoms with Gasteiger partial charge in [-0.1, -0.05) is 172 Å². The topological polar surface area (TPSA) is 6.48 Å². The van der Waals surface area contributed by atoms with Gasteiger partial charge in [-0.25, -0.2) is 0 Å². The molecule has 0 saturated heterocycles. The van der Waals surface area contributed by atoms with Crippen LogP contribution in [-0.2, 0) is 12.8 Å². The normalized spacial score (nSPS) is 11.9. The molecular weight excluding hydrogens is 957 g/mol. The summed E-state index contributed by atoms with van der Waals surface area (Å²) < 4.78 is 5.29. The van der Waals surface area contributed by atoms with E-state index in [1.165, 1.54) is 151 Å². The van der Waals surface area contributed by atoms with Crippen LogP contribution < -0.4 is 9.80 Å². The maximum Gasteiger partial charge on any atom is 0.0543 e. The Balaban J connectivity index is 1.02. The molecule has 0 spiro atoms. The highest BCUT2D eigenvalue weighted by molar-refractivity contribution is 7.26. The second kappa shape index (κ2) is 18.2. The summed E-state index contributed by atoms with van der Waals surface area (Å²) in [6.45, 7) is 13.7. The van der Waals surface area contributed by atoms with Crippen molar-refractivity contribution in [2.24, 2.45) is 0 Å². The van der Waals surface area contributed by atoms with Crippen molar-refractivity contribution in [3.05, 3.63) is 240 Å². The molecule has 0 aliphatic heterocycles. The van der Waals surface area contributed by atoms with E-state index in [0.29, 0.717) is 0 Å². The van der Waals surface area contributed by atoms with E-state index in [2.05, 4.69) is 258 Å². The number of nitrogens with zero attached hydrogens (tertiary/aromatic N) is 2. The van der Waals surface area contributed by atoms with Crippen LogP contribution in [0.15, 0.2) is 206 Å². The molecule has 0 atom stereocenters. The highest BCUT2D eigenvalue weighted by Crippen LogP contribution is 2.52. The van der Waals surface area contributed by atoms with E-state index in [-0.39, 0.29) is 0 Å². The first-order valence-electron chi connectivity index (χ1n) is 26.8. The summed E-state index contributed by atoms with van der Waals surface area (Å²) >= 11 is 3.79. The van der Waals surface area contributed by atoms with E-state index in [4.69, 9.17) is 0 Å². The molecule has 76 heavy (non-hydrogen) atoms. The summed E-state index contributed by atoms with van der Waals surface area (Å²) in [7, 11) is 0. The molecule has 0 aliphatic carbocycles. The zero-order valence-electron chi connectivity index (χ0n) is 43.8. The van der Waals surface area contributed by atoms with E-state index in [9.17, 15) is 0 Å². The quantitative estimate of drug-likeness (QED) is 0.126. The van der Waals surface area contributed by atoms with Gasteiger partial charge in [0.2, 0.25) is 0 Å². The molecule has 0 N–H and O–H groups in total. The molecule has 2 heterocycles. The van der Waals surface area contributed by atoms with Crippen LogP contribution in [0.1, 0.15) is 47.2 Å². The number of benzene rings is 12. The number of anilines is 6. The van der Waals surface area contributed by atoms with Crippen molar-refractivity contribution in [1.82, 2.24) is 0 Å². The number of thiophene rings is 2. The fraction of sp³-hybridized carbons (Fsp3) is 0.111. The zero-order chi connectivity index (χ0) is 51.3. The smallest absolute Gasteiger partial charge is 0.0543 e. The lowest BCUT2D eigenvalue weighted by molar-refractivity contribution is 1.15. The van der Waals surface area contributed by atoms with Crippen LogP contribution >= 0.6 is 22.7 Å². The number of hydrogen-bond donors (Lipinski definition) is 0. The fourth-order valence-corrected chi connectivity index (χ4v) is 15.2. The molecule has 2 nitrogen and oxygen atoms in total. The summed E-state index contributed by atoms with van der Waals surface area (Å²) in [5.74, 6) is 0. The molecule has 12 aromatic carbocycles. The Morgan fingerprint density at radius 1 is 0.329 bits per heavy atom. The second-order valence-corrected chi connectivity index (χ2v) is 22.8. The Morgan fingerprint density at radius 2 is 0.697 bits per heavy atom. The van der Waals surface area contributed by atoms with Gasteiger partial charge in [0.05, 0.1) is 22.7 Å². The van der Waals surface area contributed by atoms with Crippen LogP contribution in [0.5, 0.6) is 0 Å². The van der Waals surface area contributed by atoms with Gasteiger partial charge in [-0.3, -0.25) is 0 Å². The summed E-state index contributed by atoms with van der Waals surface area (Å²) in [5.41, 5.74) is 19.8. The fourth-order valence-electron chi connectivity index (χ4n) is 12.7. The maximum atomic E-state index is 2.58. The Kier molecular flexibility index (Phi) is 11.1. The standard InChI is InChI=1S/C72H56N2S2/c1-7-47-41-63(73(69-43(3)19-13-20-44(69)4)51-25-15-23-49(39-51)55-29-17-31-59-57-27-9-11-33-65(57)75-71(55)59)61-38-36-54-48(8-2)42-64(62-37-35-53(47)67(61)68(54)62)74(70-45(5)21-14-22-46(70)6)52-26-16-24-50(40-52)56-30-18-32-60-58-28-10-12-34-66(58)76-72(56)60/h9-42H,7-8H2,1-6H3. The average Bonchev–Trinajstić information content (AvgIpc) is 4.12. The van der Waals surface area contributed by atoms with Crippen molar-refractivity contribution in [2.75, 3.05) is 9.80 Å². The maximum absolute atomic E-state index is 2.58. The third-order valence-electron chi connectivity index (χ3n) is 16.2. The van der Waals surface area contributed by atoms with Gasteiger partial charge in [0, 0.05) is 62.5 Å². The van der Waals surface area contributed by atoms with Gasteiger partial charge >= 0.3 is 0 Å². The first-order valence-corrected chi connectivity index (χ1v) is 28.4. The molecular formula is C72H56N2S2. The Bertz CT molecular complexity index is 4290. The van der Waals surface area contributed by atoms with Gasteiger partial charge in [-0.05, 0) is 166 Å². The lowest BCUT2D eigenvalue weighted by Gasteiger charge is -2.33. The van der Waals surface area contributed by atoms with Crippen molar-refractivity contribution >= 4 is 129 Å². The third-order valence-corrected chi connectivity index (χ3v) is 18.7. The average molecular weight is 1010 g/mol. The molecule has 0 fully saturated rings. The minimum atomic E-state index is 0.900. The van der Waals surface area contributed by atoms with Crippen LogP contribution in [0.4, 0.5) is 34.1 Å². The largest absolute Gasteiger partial charge is 0.309 e. The summed E-state index contributed by atoms with van der Waals surface area (Å²) in [4.78, 5) is 5.16. The molecule has 0 amide bonds. The number of para-hydroxylation sites is 2. The highest BCUT2D eigenvalue weighted by atomic mass is 32.1. The minimum Gasteiger partial charge on any atom is -0.309 e. The summed E-state index contributed by atoms with van der Waals surface area (Å²) in [5, 5.41) is 13.1. The molecule has 0 aliphatic rings. The summed E-state index contributed by atoms with van der Waals surface area (Å²) in [6, 6.07) is 78.1. The molecule has 0 bridgehead atoms. The number of rotatable bonds is 10. The number of hydrogen-bond acceptors (Lipinski definition) is 4. The predicted octanol–water partition coefficient (Wildman–Crippen LogP) is 22.0. The van der Waals surface area contributed by atoms with Crippen molar-refractivity contribution in [1.29, 1.82) is 0 Å². The lowest BCUT2D eigenvalue weighted by atomic mass is 9.86. The van der Waals surface area contributed by atoms with Crippen LogP contribution in [0.3, 0.4) is 0 Å². The van der Waals surface area contributed by atoms with Gasteiger partial charge in [-0.2, -0.15) is 0 Å². The number of aryl methyl sites for hydroxylation is 6. The first kappa shape index (κ1) is 46.3. The summed E-state index contributed by atoms with van der Waals surface area (Å²) in [6.07, 6.45) is 1.80. The SMILES string of the molecule is CCc1cc(N(c2cccc(-c3cccc4c3sc3ccccc34)c2)c2c(C)cccc2C)c2ccc3c(CC)cc(N(c4cccc(-c5cccc6c5sc5ccccc56)c4)c4c(C)cccc4C)c4ccc1c2c34.